The van der Waals surface area contributed by atoms with Crippen LogP contribution in [0.1, 0.15) is 5.56 Å². The minimum absolute atomic E-state index is 0.0140. The lowest BCUT2D eigenvalue weighted by atomic mass is 9.91. The highest BCUT2D eigenvalue weighted by Gasteiger charge is 2.58. The molecule has 0 aliphatic carbocycles. The molecule has 21 heavy (non-hydrogen) atoms. The zero-order valence-electron chi connectivity index (χ0n) is 10.8. The Hall–Kier alpha value is -2.30. The van der Waals surface area contributed by atoms with Crippen molar-refractivity contribution in [1.82, 2.24) is 0 Å². The second kappa shape index (κ2) is 4.62. The molecule has 3 N–H and O–H groups in total. The lowest BCUT2D eigenvalue weighted by molar-refractivity contribution is -0.140. The molecule has 1 aromatic rings. The highest BCUT2D eigenvalue weighted by Crippen LogP contribution is 2.47. The van der Waals surface area contributed by atoms with E-state index in [1.807, 2.05) is 0 Å². The first kappa shape index (κ1) is 13.7. The highest BCUT2D eigenvalue weighted by molar-refractivity contribution is 8.15. The number of fused-ring (bicyclic) bond motifs is 1. The van der Waals surface area contributed by atoms with Gasteiger partial charge in [-0.15, -0.1) is 6.42 Å². The third-order valence-corrected chi connectivity index (χ3v) is 4.60. The Kier molecular flexibility index (Phi) is 3.01. The third kappa shape index (κ3) is 1.77. The number of anilines is 1. The summed E-state index contributed by atoms with van der Waals surface area (Å²) in [6.45, 7) is 0.0140. The van der Waals surface area contributed by atoms with Crippen LogP contribution >= 0.6 is 11.8 Å². The summed E-state index contributed by atoms with van der Waals surface area (Å²) < 4.78 is 0. The Morgan fingerprint density at radius 3 is 2.81 bits per heavy atom. The van der Waals surface area contributed by atoms with Crippen LogP contribution in [0.5, 0.6) is 0 Å². The fraction of sp³-hybridized carbons (Fsp3) is 0.214. The summed E-state index contributed by atoms with van der Waals surface area (Å²) in [7, 11) is 0. The molecule has 2 aliphatic heterocycles. The van der Waals surface area contributed by atoms with E-state index in [9.17, 15) is 14.7 Å². The number of terminal acetylenes is 1. The molecule has 7 heteroatoms. The molecule has 2 heterocycles. The number of benzene rings is 1. The first-order valence-electron chi connectivity index (χ1n) is 6.12. The van der Waals surface area contributed by atoms with Gasteiger partial charge in [-0.1, -0.05) is 35.9 Å². The van der Waals surface area contributed by atoms with Gasteiger partial charge >= 0.3 is 0 Å². The lowest BCUT2D eigenvalue weighted by Gasteiger charge is -2.26. The van der Waals surface area contributed by atoms with Gasteiger partial charge in [-0.2, -0.15) is 4.99 Å². The van der Waals surface area contributed by atoms with Gasteiger partial charge in [0.2, 0.25) is 0 Å². The van der Waals surface area contributed by atoms with E-state index in [0.717, 1.165) is 11.8 Å². The van der Waals surface area contributed by atoms with Crippen molar-refractivity contribution in [2.24, 2.45) is 10.7 Å². The van der Waals surface area contributed by atoms with Crippen LogP contribution in [0.3, 0.4) is 0 Å². The lowest BCUT2D eigenvalue weighted by Crippen LogP contribution is -2.49. The summed E-state index contributed by atoms with van der Waals surface area (Å²) >= 11 is 0.886. The number of thioether (sulfide) groups is 1. The SMILES string of the molecule is C#CCN1C(=O)C(O)(C2SC(N)=NC2=O)c2ccccc21. The molecule has 3 rings (SSSR count). The Bertz CT molecular complexity index is 724. The molecule has 1 aromatic carbocycles. The molecule has 2 unspecified atom stereocenters. The number of nitrogens with two attached hydrogens (primary N) is 1. The summed E-state index contributed by atoms with van der Waals surface area (Å²) in [6, 6.07) is 6.70. The zero-order chi connectivity index (χ0) is 15.2. The van der Waals surface area contributed by atoms with Gasteiger partial charge in [0.05, 0.1) is 12.2 Å². The molecule has 0 fully saturated rings. The minimum Gasteiger partial charge on any atom is -0.378 e. The molecule has 2 amide bonds. The number of para-hydroxylation sites is 1. The van der Waals surface area contributed by atoms with E-state index in [2.05, 4.69) is 10.9 Å². The van der Waals surface area contributed by atoms with Crippen molar-refractivity contribution in [3.05, 3.63) is 29.8 Å². The molecule has 0 spiro atoms. The number of hydrogen-bond acceptors (Lipinski definition) is 5. The topological polar surface area (TPSA) is 96.0 Å². The smallest absolute Gasteiger partial charge is 0.266 e. The number of hydrogen-bond donors (Lipinski definition) is 2. The molecule has 0 saturated carbocycles. The molecule has 0 saturated heterocycles. The number of carbonyl (C=O) groups is 2. The standard InChI is InChI=1S/C14H11N3O3S/c1-2-7-17-9-6-4-3-5-8(9)14(20,12(17)19)10-11(18)16-13(15)21-10/h1,3-6,10,20H,7H2,(H2,15,16,18). The van der Waals surface area contributed by atoms with Crippen molar-refractivity contribution in [3.63, 3.8) is 0 Å². The van der Waals surface area contributed by atoms with Crippen LogP contribution in [-0.2, 0) is 15.2 Å². The van der Waals surface area contributed by atoms with Crippen LogP contribution in [0.25, 0.3) is 0 Å². The van der Waals surface area contributed by atoms with Crippen molar-refractivity contribution in [1.29, 1.82) is 0 Å². The van der Waals surface area contributed by atoms with Gasteiger partial charge < -0.3 is 10.8 Å². The van der Waals surface area contributed by atoms with Crippen LogP contribution in [0.4, 0.5) is 5.69 Å². The van der Waals surface area contributed by atoms with Gasteiger partial charge in [0.25, 0.3) is 11.8 Å². The first-order chi connectivity index (χ1) is 10.00. The largest absolute Gasteiger partial charge is 0.378 e. The van der Waals surface area contributed by atoms with Crippen molar-refractivity contribution in [2.75, 3.05) is 11.4 Å². The predicted octanol–water partition coefficient (Wildman–Crippen LogP) is -0.189. The molecular formula is C14H11N3O3S. The third-order valence-electron chi connectivity index (χ3n) is 3.49. The highest BCUT2D eigenvalue weighted by atomic mass is 32.2. The number of carbonyl (C=O) groups excluding carboxylic acids is 2. The molecule has 106 valence electrons. The fourth-order valence-corrected chi connectivity index (χ4v) is 3.53. The molecular weight excluding hydrogens is 290 g/mol. The number of amidine groups is 1. The van der Waals surface area contributed by atoms with E-state index in [1.54, 1.807) is 24.3 Å². The summed E-state index contributed by atoms with van der Waals surface area (Å²) in [5.74, 6) is 1.13. The Balaban J connectivity index is 2.13. The molecule has 0 bridgehead atoms. The van der Waals surface area contributed by atoms with E-state index >= 15 is 0 Å². The second-order valence-corrected chi connectivity index (χ2v) is 5.79. The molecule has 0 radical (unpaired) electrons. The summed E-state index contributed by atoms with van der Waals surface area (Å²) in [5.41, 5.74) is 4.37. The van der Waals surface area contributed by atoms with E-state index in [0.29, 0.717) is 11.3 Å². The number of nitrogens with zero attached hydrogens (tertiary/aromatic N) is 2. The van der Waals surface area contributed by atoms with Gasteiger partial charge in [-0.05, 0) is 6.07 Å². The monoisotopic (exact) mass is 301 g/mol. The van der Waals surface area contributed by atoms with E-state index in [-0.39, 0.29) is 11.7 Å². The quantitative estimate of drug-likeness (QED) is 0.738. The van der Waals surface area contributed by atoms with Crippen molar-refractivity contribution in [2.45, 2.75) is 10.9 Å². The number of aliphatic hydroxyl groups is 1. The Labute approximate surface area is 125 Å². The maximum absolute atomic E-state index is 12.6. The van der Waals surface area contributed by atoms with Crippen molar-refractivity contribution >= 4 is 34.4 Å². The maximum atomic E-state index is 12.6. The predicted molar refractivity (Wildman–Crippen MR) is 79.5 cm³/mol. The average Bonchev–Trinajstić information content (AvgIpc) is 2.91. The average molecular weight is 301 g/mol. The number of aliphatic imine (C=N–C) groups is 1. The van der Waals surface area contributed by atoms with Crippen LogP contribution in [0.15, 0.2) is 29.3 Å². The minimum atomic E-state index is -2.00. The van der Waals surface area contributed by atoms with Crippen LogP contribution < -0.4 is 10.6 Å². The molecule has 0 aromatic heterocycles. The summed E-state index contributed by atoms with van der Waals surface area (Å²) in [6.07, 6.45) is 5.28. The van der Waals surface area contributed by atoms with Crippen molar-refractivity contribution in [3.8, 4) is 12.3 Å². The van der Waals surface area contributed by atoms with Gasteiger partial charge in [0.1, 0.15) is 5.25 Å². The van der Waals surface area contributed by atoms with E-state index in [4.69, 9.17) is 12.2 Å². The van der Waals surface area contributed by atoms with Gasteiger partial charge in [-0.3, -0.25) is 14.5 Å². The van der Waals surface area contributed by atoms with Crippen LogP contribution in [0.2, 0.25) is 0 Å². The number of rotatable bonds is 2. The molecule has 2 aliphatic rings. The van der Waals surface area contributed by atoms with E-state index in [1.165, 1.54) is 4.90 Å². The van der Waals surface area contributed by atoms with Gasteiger partial charge in [-0.25, -0.2) is 0 Å². The fourth-order valence-electron chi connectivity index (χ4n) is 2.59. The Morgan fingerprint density at radius 2 is 2.19 bits per heavy atom. The van der Waals surface area contributed by atoms with Crippen LogP contribution in [-0.4, -0.2) is 33.9 Å². The summed E-state index contributed by atoms with van der Waals surface area (Å²) in [4.78, 5) is 29.4. The first-order valence-corrected chi connectivity index (χ1v) is 7.00. The Morgan fingerprint density at radius 1 is 1.48 bits per heavy atom. The zero-order valence-corrected chi connectivity index (χ0v) is 11.6. The van der Waals surface area contributed by atoms with Crippen LogP contribution in [0, 0.1) is 12.3 Å². The molecule has 2 atom stereocenters. The number of amides is 2. The molecule has 6 nitrogen and oxygen atoms in total. The van der Waals surface area contributed by atoms with E-state index < -0.39 is 22.7 Å². The second-order valence-electron chi connectivity index (χ2n) is 4.67. The normalized spacial score (nSPS) is 27.5. The van der Waals surface area contributed by atoms with Gasteiger partial charge in [0.15, 0.2) is 10.8 Å². The summed E-state index contributed by atoms with van der Waals surface area (Å²) in [5, 5.41) is 9.92. The van der Waals surface area contributed by atoms with Gasteiger partial charge in [0, 0.05) is 5.56 Å². The van der Waals surface area contributed by atoms with Crippen molar-refractivity contribution < 1.29 is 14.7 Å². The maximum Gasteiger partial charge on any atom is 0.266 e.